The van der Waals surface area contributed by atoms with Crippen LogP contribution in [0, 0.1) is 20.8 Å². The average molecular weight is 432 g/mol. The molecule has 29 heavy (non-hydrogen) atoms. The summed E-state index contributed by atoms with van der Waals surface area (Å²) in [6.45, 7) is 10.3. The molecule has 1 N–H and O–H groups in total. The van der Waals surface area contributed by atoms with E-state index in [4.69, 9.17) is 32.4 Å². The molecule has 1 heterocycles. The first-order valence-electron chi connectivity index (χ1n) is 9.33. The van der Waals surface area contributed by atoms with Crippen molar-refractivity contribution in [2.24, 2.45) is 0 Å². The zero-order valence-electron chi connectivity index (χ0n) is 17.1. The Hall–Kier alpha value is -2.43. The van der Waals surface area contributed by atoms with E-state index in [0.29, 0.717) is 22.3 Å². The van der Waals surface area contributed by atoms with Gasteiger partial charge >= 0.3 is 0 Å². The van der Waals surface area contributed by atoms with Gasteiger partial charge in [-0.05, 0) is 70.0 Å². The van der Waals surface area contributed by atoms with E-state index in [-0.39, 0.29) is 5.91 Å². The minimum absolute atomic E-state index is 0.299. The van der Waals surface area contributed by atoms with Crippen molar-refractivity contribution >= 4 is 51.3 Å². The molecule has 3 aromatic rings. The standard InChI is InChI=1S/C23H23Cl2NO3/c1-6-28-22-14(4)23-18(13(3)15(5)29-23)11-17(22)12(2)9-21(27)26-20-10-16(24)7-8-19(20)25/h7-11H,6H2,1-5H3,(H,26,27)/b12-9+. The summed E-state index contributed by atoms with van der Waals surface area (Å²) in [7, 11) is 0. The summed E-state index contributed by atoms with van der Waals surface area (Å²) in [5.74, 6) is 1.29. The number of halogens is 2. The van der Waals surface area contributed by atoms with Gasteiger partial charge in [0.1, 0.15) is 17.1 Å². The molecular weight excluding hydrogens is 409 g/mol. The minimum Gasteiger partial charge on any atom is -0.493 e. The van der Waals surface area contributed by atoms with Gasteiger partial charge in [-0.25, -0.2) is 0 Å². The van der Waals surface area contributed by atoms with Crippen molar-refractivity contribution in [1.82, 2.24) is 0 Å². The van der Waals surface area contributed by atoms with Crippen molar-refractivity contribution < 1.29 is 13.9 Å². The van der Waals surface area contributed by atoms with Crippen molar-refractivity contribution in [1.29, 1.82) is 0 Å². The lowest BCUT2D eigenvalue weighted by atomic mass is 9.98. The first-order chi connectivity index (χ1) is 13.7. The summed E-state index contributed by atoms with van der Waals surface area (Å²) in [6, 6.07) is 6.95. The maximum atomic E-state index is 12.6. The highest BCUT2D eigenvalue weighted by Gasteiger charge is 2.19. The molecule has 0 aliphatic heterocycles. The summed E-state index contributed by atoms with van der Waals surface area (Å²) in [4.78, 5) is 12.6. The molecule has 3 rings (SSSR count). The fraction of sp³-hybridized carbons (Fsp3) is 0.261. The molecule has 4 nitrogen and oxygen atoms in total. The fourth-order valence-corrected chi connectivity index (χ4v) is 3.61. The predicted octanol–water partition coefficient (Wildman–Crippen LogP) is 7.11. The number of hydrogen-bond donors (Lipinski definition) is 1. The highest BCUT2D eigenvalue weighted by atomic mass is 35.5. The van der Waals surface area contributed by atoms with Gasteiger partial charge in [0.25, 0.3) is 0 Å². The minimum atomic E-state index is -0.299. The van der Waals surface area contributed by atoms with Gasteiger partial charge in [0.05, 0.1) is 17.3 Å². The van der Waals surface area contributed by atoms with Crippen LogP contribution < -0.4 is 10.1 Å². The van der Waals surface area contributed by atoms with Crippen molar-refractivity contribution in [2.75, 3.05) is 11.9 Å². The third kappa shape index (κ3) is 4.29. The Kier molecular flexibility index (Phi) is 6.25. The lowest BCUT2D eigenvalue weighted by molar-refractivity contribution is -0.111. The number of ether oxygens (including phenoxy) is 1. The molecule has 0 saturated carbocycles. The highest BCUT2D eigenvalue weighted by molar-refractivity contribution is 6.35. The topological polar surface area (TPSA) is 51.5 Å². The number of furan rings is 1. The molecule has 0 spiro atoms. The Morgan fingerprint density at radius 3 is 2.59 bits per heavy atom. The number of fused-ring (bicyclic) bond motifs is 1. The number of hydrogen-bond acceptors (Lipinski definition) is 3. The van der Waals surface area contributed by atoms with E-state index in [1.807, 2.05) is 40.7 Å². The molecule has 2 aromatic carbocycles. The smallest absolute Gasteiger partial charge is 0.248 e. The lowest BCUT2D eigenvalue weighted by Crippen LogP contribution is -2.09. The molecule has 0 unspecified atom stereocenters. The Morgan fingerprint density at radius 1 is 1.17 bits per heavy atom. The van der Waals surface area contributed by atoms with E-state index in [1.165, 1.54) is 6.08 Å². The van der Waals surface area contributed by atoms with E-state index in [0.717, 1.165) is 44.7 Å². The Morgan fingerprint density at radius 2 is 1.90 bits per heavy atom. The molecule has 0 saturated heterocycles. The van der Waals surface area contributed by atoms with Crippen LogP contribution in [0.2, 0.25) is 10.0 Å². The number of carbonyl (C=O) groups is 1. The normalized spacial score (nSPS) is 11.8. The molecule has 0 atom stereocenters. The van der Waals surface area contributed by atoms with Crippen LogP contribution in [0.25, 0.3) is 16.5 Å². The number of rotatable bonds is 5. The molecule has 152 valence electrons. The largest absolute Gasteiger partial charge is 0.493 e. The summed E-state index contributed by atoms with van der Waals surface area (Å²) in [5, 5.41) is 4.72. The van der Waals surface area contributed by atoms with Crippen LogP contribution >= 0.6 is 23.2 Å². The Balaban J connectivity index is 2.03. The van der Waals surface area contributed by atoms with Gasteiger partial charge in [-0.1, -0.05) is 23.2 Å². The number of carbonyl (C=O) groups excluding carboxylic acids is 1. The second-order valence-corrected chi connectivity index (χ2v) is 7.76. The van der Waals surface area contributed by atoms with Gasteiger partial charge in [0.2, 0.25) is 5.91 Å². The van der Waals surface area contributed by atoms with E-state index >= 15 is 0 Å². The van der Waals surface area contributed by atoms with Gasteiger partial charge in [-0.3, -0.25) is 4.79 Å². The number of anilines is 1. The third-order valence-electron chi connectivity index (χ3n) is 4.89. The monoisotopic (exact) mass is 431 g/mol. The number of aryl methyl sites for hydroxylation is 3. The van der Waals surface area contributed by atoms with Crippen LogP contribution in [0.5, 0.6) is 5.75 Å². The number of allylic oxidation sites excluding steroid dienone is 1. The molecular formula is C23H23Cl2NO3. The Bertz CT molecular complexity index is 1130. The van der Waals surface area contributed by atoms with Crippen LogP contribution in [-0.4, -0.2) is 12.5 Å². The second kappa shape index (κ2) is 8.52. The number of nitrogens with one attached hydrogen (secondary N) is 1. The first kappa shape index (κ1) is 21.3. The average Bonchev–Trinajstić information content (AvgIpc) is 2.95. The summed E-state index contributed by atoms with van der Waals surface area (Å²) in [6.07, 6.45) is 1.53. The van der Waals surface area contributed by atoms with E-state index < -0.39 is 0 Å². The molecule has 1 amide bonds. The van der Waals surface area contributed by atoms with Crippen molar-refractivity contribution in [3.8, 4) is 5.75 Å². The van der Waals surface area contributed by atoms with Crippen LogP contribution in [0.15, 0.2) is 34.8 Å². The quantitative estimate of drug-likeness (QED) is 0.437. The van der Waals surface area contributed by atoms with E-state index in [1.54, 1.807) is 18.2 Å². The van der Waals surface area contributed by atoms with Crippen molar-refractivity contribution in [2.45, 2.75) is 34.6 Å². The SMILES string of the molecule is CCOc1c(/C(C)=C/C(=O)Nc2cc(Cl)ccc2Cl)cc2c(C)c(C)oc2c1C. The predicted molar refractivity (Wildman–Crippen MR) is 120 cm³/mol. The number of benzene rings is 2. The molecule has 1 aromatic heterocycles. The first-order valence-corrected chi connectivity index (χ1v) is 10.1. The van der Waals surface area contributed by atoms with Crippen molar-refractivity contribution in [3.05, 3.63) is 62.8 Å². The van der Waals surface area contributed by atoms with Gasteiger partial charge in [0, 0.05) is 27.6 Å². The molecule has 0 bridgehead atoms. The highest BCUT2D eigenvalue weighted by Crippen LogP contribution is 2.39. The van der Waals surface area contributed by atoms with E-state index in [9.17, 15) is 4.79 Å². The summed E-state index contributed by atoms with van der Waals surface area (Å²) < 4.78 is 11.8. The molecule has 0 aliphatic carbocycles. The fourth-order valence-electron chi connectivity index (χ4n) is 3.27. The molecule has 0 radical (unpaired) electrons. The zero-order chi connectivity index (χ0) is 21.3. The van der Waals surface area contributed by atoms with Gasteiger partial charge in [0.15, 0.2) is 0 Å². The molecule has 6 heteroatoms. The third-order valence-corrected chi connectivity index (χ3v) is 5.46. The van der Waals surface area contributed by atoms with Crippen LogP contribution in [0.4, 0.5) is 5.69 Å². The van der Waals surface area contributed by atoms with Gasteiger partial charge < -0.3 is 14.5 Å². The summed E-state index contributed by atoms with van der Waals surface area (Å²) in [5.41, 5.74) is 4.90. The molecule has 0 fully saturated rings. The van der Waals surface area contributed by atoms with Crippen LogP contribution in [0.1, 0.15) is 36.3 Å². The van der Waals surface area contributed by atoms with Crippen molar-refractivity contribution in [3.63, 3.8) is 0 Å². The van der Waals surface area contributed by atoms with E-state index in [2.05, 4.69) is 5.32 Å². The Labute approximate surface area is 180 Å². The van der Waals surface area contributed by atoms with Crippen LogP contribution in [0.3, 0.4) is 0 Å². The van der Waals surface area contributed by atoms with Gasteiger partial charge in [-0.2, -0.15) is 0 Å². The van der Waals surface area contributed by atoms with Crippen LogP contribution in [-0.2, 0) is 4.79 Å². The maximum Gasteiger partial charge on any atom is 0.248 e. The summed E-state index contributed by atoms with van der Waals surface area (Å²) >= 11 is 12.1. The zero-order valence-corrected chi connectivity index (χ0v) is 18.6. The molecule has 0 aliphatic rings. The van der Waals surface area contributed by atoms with Gasteiger partial charge in [-0.15, -0.1) is 0 Å². The second-order valence-electron chi connectivity index (χ2n) is 6.91. The number of amides is 1. The lowest BCUT2D eigenvalue weighted by Gasteiger charge is -2.14. The maximum absolute atomic E-state index is 12.6.